The van der Waals surface area contributed by atoms with Gasteiger partial charge in [0.05, 0.1) is 0 Å². The van der Waals surface area contributed by atoms with E-state index in [9.17, 15) is 18.0 Å². The molecule has 1 rings (SSSR count). The monoisotopic (exact) mass is 315 g/mol. The van der Waals surface area contributed by atoms with Gasteiger partial charge in [-0.05, 0) is 18.6 Å². The number of hydrogen-bond donors (Lipinski definition) is 3. The zero-order chi connectivity index (χ0) is 16.0. The van der Waals surface area contributed by atoms with E-state index in [1.54, 1.807) is 0 Å². The molecule has 0 unspecified atom stereocenters. The van der Waals surface area contributed by atoms with Gasteiger partial charge in [0, 0.05) is 6.20 Å². The molecule has 0 aliphatic heterocycles. The Morgan fingerprint density at radius 2 is 2.10 bits per heavy atom. The summed E-state index contributed by atoms with van der Waals surface area (Å²) in [5.41, 5.74) is -0.0786. The van der Waals surface area contributed by atoms with Crippen molar-refractivity contribution in [2.45, 2.75) is 37.1 Å². The number of nitrogens with one attached hydrogen (secondary N) is 1. The number of nitrogens with zero attached hydrogens (tertiary/aromatic N) is 1. The van der Waals surface area contributed by atoms with Crippen molar-refractivity contribution in [2.24, 2.45) is 5.14 Å². The number of sulfonamides is 1. The summed E-state index contributed by atoms with van der Waals surface area (Å²) >= 11 is 0. The van der Waals surface area contributed by atoms with Gasteiger partial charge in [-0.15, -0.1) is 0 Å². The zero-order valence-electron chi connectivity index (χ0n) is 11.4. The minimum absolute atomic E-state index is 0.0786. The Hall–Kier alpha value is -2.00. The predicted molar refractivity (Wildman–Crippen MR) is 74.0 cm³/mol. The quantitative estimate of drug-likeness (QED) is 0.652. The fraction of sp³-hybridized carbons (Fsp3) is 0.417. The SMILES string of the molecule is CCCC[C@H](NC(=O)c1ccc(S(N)(=O)=O)cn1)C(=O)O. The number of amides is 1. The highest BCUT2D eigenvalue weighted by Crippen LogP contribution is 2.07. The lowest BCUT2D eigenvalue weighted by atomic mass is 10.1. The number of aliphatic carboxylic acids is 1. The summed E-state index contributed by atoms with van der Waals surface area (Å²) < 4.78 is 22.1. The first-order valence-corrected chi connectivity index (χ1v) is 7.83. The van der Waals surface area contributed by atoms with Crippen LogP contribution in [0, 0.1) is 0 Å². The Balaban J connectivity index is 2.81. The molecule has 21 heavy (non-hydrogen) atoms. The van der Waals surface area contributed by atoms with Crippen LogP contribution >= 0.6 is 0 Å². The molecule has 0 fully saturated rings. The third kappa shape index (κ3) is 5.12. The maximum Gasteiger partial charge on any atom is 0.326 e. The molecule has 0 bridgehead atoms. The Bertz CT molecular complexity index is 612. The van der Waals surface area contributed by atoms with Crippen LogP contribution < -0.4 is 10.5 Å². The van der Waals surface area contributed by atoms with E-state index in [0.717, 1.165) is 18.7 Å². The zero-order valence-corrected chi connectivity index (χ0v) is 12.3. The number of carboxylic acids is 1. The Kier molecular flexibility index (Phi) is 5.79. The van der Waals surface area contributed by atoms with Crippen molar-refractivity contribution in [3.8, 4) is 0 Å². The molecule has 0 saturated heterocycles. The normalized spacial score (nSPS) is 12.7. The summed E-state index contributed by atoms with van der Waals surface area (Å²) in [7, 11) is -3.88. The van der Waals surface area contributed by atoms with E-state index in [1.807, 2.05) is 6.92 Å². The molecular weight excluding hydrogens is 298 g/mol. The number of aromatic nitrogens is 1. The predicted octanol–water partition coefficient (Wildman–Crippen LogP) is 0.102. The number of carbonyl (C=O) groups is 2. The highest BCUT2D eigenvalue weighted by atomic mass is 32.2. The van der Waals surface area contributed by atoms with Gasteiger partial charge < -0.3 is 10.4 Å². The fourth-order valence-corrected chi connectivity index (χ4v) is 2.04. The highest BCUT2D eigenvalue weighted by molar-refractivity contribution is 7.89. The first-order chi connectivity index (χ1) is 9.75. The molecule has 116 valence electrons. The van der Waals surface area contributed by atoms with Gasteiger partial charge in [0.15, 0.2) is 0 Å². The molecule has 1 heterocycles. The van der Waals surface area contributed by atoms with Crippen molar-refractivity contribution >= 4 is 21.9 Å². The number of hydrogen-bond acceptors (Lipinski definition) is 5. The molecule has 1 amide bonds. The molecule has 1 aromatic rings. The lowest BCUT2D eigenvalue weighted by molar-refractivity contribution is -0.139. The molecule has 0 radical (unpaired) electrons. The van der Waals surface area contributed by atoms with Crippen molar-refractivity contribution in [3.05, 3.63) is 24.0 Å². The van der Waals surface area contributed by atoms with Crippen molar-refractivity contribution in [1.29, 1.82) is 0 Å². The maximum atomic E-state index is 11.9. The number of pyridine rings is 1. The Morgan fingerprint density at radius 1 is 1.43 bits per heavy atom. The Labute approximate surface area is 122 Å². The van der Waals surface area contributed by atoms with E-state index in [2.05, 4.69) is 10.3 Å². The van der Waals surface area contributed by atoms with Crippen LogP contribution in [0.4, 0.5) is 0 Å². The molecule has 0 aliphatic rings. The Morgan fingerprint density at radius 3 is 2.52 bits per heavy atom. The van der Waals surface area contributed by atoms with E-state index in [4.69, 9.17) is 10.2 Å². The van der Waals surface area contributed by atoms with Gasteiger partial charge in [0.25, 0.3) is 5.91 Å². The average Bonchev–Trinajstić information content (AvgIpc) is 2.42. The summed E-state index contributed by atoms with van der Waals surface area (Å²) in [6.07, 6.45) is 2.73. The number of unbranched alkanes of at least 4 members (excludes halogenated alkanes) is 1. The van der Waals surface area contributed by atoms with Crippen molar-refractivity contribution in [2.75, 3.05) is 0 Å². The number of rotatable bonds is 7. The first kappa shape index (κ1) is 17.1. The van der Waals surface area contributed by atoms with E-state index < -0.39 is 27.9 Å². The third-order valence-corrected chi connectivity index (χ3v) is 3.65. The summed E-state index contributed by atoms with van der Waals surface area (Å²) in [5.74, 6) is -1.81. The standard InChI is InChI=1S/C12H17N3O5S/c1-2-3-4-10(12(17)18)15-11(16)9-6-5-8(7-14-9)21(13,19)20/h5-7,10H,2-4H2,1H3,(H,15,16)(H,17,18)(H2,13,19,20)/t10-/m0/s1. The van der Waals surface area contributed by atoms with Crippen LogP contribution in [0.3, 0.4) is 0 Å². The second-order valence-electron chi connectivity index (χ2n) is 4.43. The molecular formula is C12H17N3O5S. The van der Waals surface area contributed by atoms with E-state index in [-0.39, 0.29) is 10.6 Å². The highest BCUT2D eigenvalue weighted by Gasteiger charge is 2.21. The summed E-state index contributed by atoms with van der Waals surface area (Å²) in [4.78, 5) is 26.3. The van der Waals surface area contributed by atoms with Gasteiger partial charge in [-0.3, -0.25) is 4.79 Å². The van der Waals surface area contributed by atoms with Crippen LogP contribution in [0.1, 0.15) is 36.7 Å². The molecule has 0 aliphatic carbocycles. The topological polar surface area (TPSA) is 139 Å². The molecule has 9 heteroatoms. The summed E-state index contributed by atoms with van der Waals surface area (Å²) in [5, 5.41) is 16.3. The second-order valence-corrected chi connectivity index (χ2v) is 5.99. The van der Waals surface area contributed by atoms with Gasteiger partial charge in [0.2, 0.25) is 10.0 Å². The molecule has 8 nitrogen and oxygen atoms in total. The molecule has 1 atom stereocenters. The van der Waals surface area contributed by atoms with Crippen LogP contribution in [0.5, 0.6) is 0 Å². The molecule has 0 saturated carbocycles. The van der Waals surface area contributed by atoms with E-state index in [0.29, 0.717) is 12.8 Å². The summed E-state index contributed by atoms with van der Waals surface area (Å²) in [6.45, 7) is 1.91. The van der Waals surface area contributed by atoms with Gasteiger partial charge in [0.1, 0.15) is 16.6 Å². The summed E-state index contributed by atoms with van der Waals surface area (Å²) in [6, 6.07) is 1.31. The van der Waals surface area contributed by atoms with Gasteiger partial charge in [-0.25, -0.2) is 23.3 Å². The molecule has 0 spiro atoms. The van der Waals surface area contributed by atoms with Crippen molar-refractivity contribution < 1.29 is 23.1 Å². The van der Waals surface area contributed by atoms with Gasteiger partial charge >= 0.3 is 5.97 Å². The first-order valence-electron chi connectivity index (χ1n) is 6.28. The third-order valence-electron chi connectivity index (χ3n) is 2.75. The minimum Gasteiger partial charge on any atom is -0.480 e. The minimum atomic E-state index is -3.88. The lowest BCUT2D eigenvalue weighted by Crippen LogP contribution is -2.41. The fourth-order valence-electron chi connectivity index (χ4n) is 1.58. The van der Waals surface area contributed by atoms with Crippen LogP contribution in [0.2, 0.25) is 0 Å². The number of primary sulfonamides is 1. The molecule has 4 N–H and O–H groups in total. The van der Waals surface area contributed by atoms with Gasteiger partial charge in [-0.2, -0.15) is 0 Å². The van der Waals surface area contributed by atoms with Crippen molar-refractivity contribution in [3.63, 3.8) is 0 Å². The van der Waals surface area contributed by atoms with Crippen LogP contribution in [-0.4, -0.2) is 36.4 Å². The maximum absolute atomic E-state index is 11.9. The van der Waals surface area contributed by atoms with Crippen LogP contribution in [-0.2, 0) is 14.8 Å². The van der Waals surface area contributed by atoms with E-state index >= 15 is 0 Å². The smallest absolute Gasteiger partial charge is 0.326 e. The molecule has 0 aromatic carbocycles. The number of carbonyl (C=O) groups excluding carboxylic acids is 1. The van der Waals surface area contributed by atoms with E-state index in [1.165, 1.54) is 6.07 Å². The van der Waals surface area contributed by atoms with Crippen molar-refractivity contribution in [1.82, 2.24) is 10.3 Å². The lowest BCUT2D eigenvalue weighted by Gasteiger charge is -2.13. The number of carboxylic acid groups (broad SMARTS) is 1. The second kappa shape index (κ2) is 7.14. The number of nitrogens with two attached hydrogens (primary N) is 1. The largest absolute Gasteiger partial charge is 0.480 e. The van der Waals surface area contributed by atoms with Gasteiger partial charge in [-0.1, -0.05) is 19.8 Å². The van der Waals surface area contributed by atoms with Crippen LogP contribution in [0.25, 0.3) is 0 Å². The average molecular weight is 315 g/mol. The molecule has 1 aromatic heterocycles. The van der Waals surface area contributed by atoms with Crippen LogP contribution in [0.15, 0.2) is 23.2 Å².